The normalized spacial score (nSPS) is 11.2. The van der Waals surface area contributed by atoms with Gasteiger partial charge in [-0.25, -0.2) is 0 Å². The minimum absolute atomic E-state index is 0.423. The van der Waals surface area contributed by atoms with E-state index in [2.05, 4.69) is 23.2 Å². The van der Waals surface area contributed by atoms with Crippen molar-refractivity contribution in [1.29, 1.82) is 5.26 Å². The Labute approximate surface area is 171 Å². The molecule has 1 heterocycles. The summed E-state index contributed by atoms with van der Waals surface area (Å²) >= 11 is 0. The van der Waals surface area contributed by atoms with E-state index in [1.54, 1.807) is 13.2 Å². The van der Waals surface area contributed by atoms with Crippen molar-refractivity contribution in [2.45, 2.75) is 19.8 Å². The molecule has 3 aromatic rings. The molecule has 0 atom stereocenters. The summed E-state index contributed by atoms with van der Waals surface area (Å²) in [5.41, 5.74) is 2.20. The van der Waals surface area contributed by atoms with Gasteiger partial charge in [-0.3, -0.25) is 0 Å². The molecule has 0 N–H and O–H groups in total. The molecular weight excluding hydrogens is 364 g/mol. The minimum Gasteiger partial charge on any atom is -0.493 e. The predicted octanol–water partition coefficient (Wildman–Crippen LogP) is 4.73. The number of benzene rings is 2. The highest BCUT2D eigenvalue weighted by Gasteiger charge is 2.15. The zero-order valence-corrected chi connectivity index (χ0v) is 16.9. The third-order valence-corrected chi connectivity index (χ3v) is 4.52. The van der Waals surface area contributed by atoms with Gasteiger partial charge in [0.2, 0.25) is 0 Å². The lowest BCUT2D eigenvalue weighted by molar-refractivity contribution is 0.288. The second-order valence-corrected chi connectivity index (χ2v) is 6.55. The molecule has 0 spiro atoms. The highest BCUT2D eigenvalue weighted by Crippen LogP contribution is 2.30. The number of allylic oxidation sites excluding steroid dienone is 1. The SMILES string of the molecule is CCCCOc1cc(C=C(C#N)c2nnc(-c3ccccc3)n2C)ccc1OC. The van der Waals surface area contributed by atoms with Crippen LogP contribution in [0.1, 0.15) is 31.2 Å². The molecule has 6 nitrogen and oxygen atoms in total. The standard InChI is InChI=1S/C23H24N4O2/c1-4-5-13-29-21-15-17(11-12-20(21)28-3)14-19(16-24)23-26-25-22(27(23)2)18-9-7-6-8-10-18/h6-12,14-15H,4-5,13H2,1-3H3. The molecule has 0 fully saturated rings. The van der Waals surface area contributed by atoms with Crippen LogP contribution in [0.2, 0.25) is 0 Å². The Hall–Kier alpha value is -3.59. The maximum Gasteiger partial charge on any atom is 0.174 e. The molecule has 0 aliphatic heterocycles. The van der Waals surface area contributed by atoms with Gasteiger partial charge >= 0.3 is 0 Å². The summed E-state index contributed by atoms with van der Waals surface area (Å²) in [7, 11) is 3.47. The summed E-state index contributed by atoms with van der Waals surface area (Å²) < 4.78 is 13.1. The van der Waals surface area contributed by atoms with E-state index in [4.69, 9.17) is 9.47 Å². The number of hydrogen-bond acceptors (Lipinski definition) is 5. The number of methoxy groups -OCH3 is 1. The van der Waals surface area contributed by atoms with Gasteiger partial charge in [-0.2, -0.15) is 5.26 Å². The van der Waals surface area contributed by atoms with Crippen LogP contribution in [0.3, 0.4) is 0 Å². The van der Waals surface area contributed by atoms with Crippen LogP contribution in [0.5, 0.6) is 11.5 Å². The largest absolute Gasteiger partial charge is 0.493 e. The Balaban J connectivity index is 1.94. The minimum atomic E-state index is 0.423. The van der Waals surface area contributed by atoms with Crippen molar-refractivity contribution < 1.29 is 9.47 Å². The zero-order chi connectivity index (χ0) is 20.6. The van der Waals surface area contributed by atoms with Gasteiger partial charge in [0.15, 0.2) is 23.1 Å². The lowest BCUT2D eigenvalue weighted by Crippen LogP contribution is -2.00. The van der Waals surface area contributed by atoms with Gasteiger partial charge in [-0.15, -0.1) is 10.2 Å². The molecule has 0 aliphatic carbocycles. The Morgan fingerprint density at radius 2 is 1.93 bits per heavy atom. The number of ether oxygens (including phenoxy) is 2. The van der Waals surface area contributed by atoms with Gasteiger partial charge in [0.1, 0.15) is 6.07 Å². The fraction of sp³-hybridized carbons (Fsp3) is 0.261. The molecule has 29 heavy (non-hydrogen) atoms. The van der Waals surface area contributed by atoms with E-state index in [1.807, 2.05) is 60.1 Å². The predicted molar refractivity (Wildman–Crippen MR) is 113 cm³/mol. The number of nitriles is 1. The average Bonchev–Trinajstić information content (AvgIpc) is 3.14. The molecule has 0 amide bonds. The number of nitrogens with zero attached hydrogens (tertiary/aromatic N) is 4. The van der Waals surface area contributed by atoms with Gasteiger partial charge < -0.3 is 14.0 Å². The molecule has 6 heteroatoms. The van der Waals surface area contributed by atoms with E-state index in [0.717, 1.165) is 24.0 Å². The van der Waals surface area contributed by atoms with Crippen LogP contribution in [0, 0.1) is 11.3 Å². The third-order valence-electron chi connectivity index (χ3n) is 4.52. The first kappa shape index (κ1) is 20.2. The van der Waals surface area contributed by atoms with E-state index in [0.29, 0.717) is 35.3 Å². The monoisotopic (exact) mass is 388 g/mol. The maximum absolute atomic E-state index is 9.73. The van der Waals surface area contributed by atoms with Crippen LogP contribution in [-0.4, -0.2) is 28.5 Å². The smallest absolute Gasteiger partial charge is 0.174 e. The van der Waals surface area contributed by atoms with Crippen molar-refractivity contribution in [3.05, 3.63) is 59.9 Å². The second kappa shape index (κ2) is 9.56. The van der Waals surface area contributed by atoms with Crippen molar-refractivity contribution in [1.82, 2.24) is 14.8 Å². The third kappa shape index (κ3) is 4.64. The van der Waals surface area contributed by atoms with Gasteiger partial charge in [-0.1, -0.05) is 49.7 Å². The van der Waals surface area contributed by atoms with Crippen molar-refractivity contribution >= 4 is 11.6 Å². The van der Waals surface area contributed by atoms with E-state index in [-0.39, 0.29) is 0 Å². The van der Waals surface area contributed by atoms with E-state index in [9.17, 15) is 5.26 Å². The highest BCUT2D eigenvalue weighted by atomic mass is 16.5. The quantitative estimate of drug-likeness (QED) is 0.412. The summed E-state index contributed by atoms with van der Waals surface area (Å²) in [5.74, 6) is 2.55. The molecule has 0 bridgehead atoms. The van der Waals surface area contributed by atoms with Crippen molar-refractivity contribution in [2.75, 3.05) is 13.7 Å². The number of unbranched alkanes of at least 4 members (excludes halogenated alkanes) is 1. The molecule has 0 saturated heterocycles. The fourth-order valence-electron chi connectivity index (χ4n) is 2.94. The van der Waals surface area contributed by atoms with Crippen molar-refractivity contribution in [3.63, 3.8) is 0 Å². The molecule has 0 radical (unpaired) electrons. The Kier molecular flexibility index (Phi) is 6.64. The molecular formula is C23H24N4O2. The van der Waals surface area contributed by atoms with Crippen LogP contribution < -0.4 is 9.47 Å². The van der Waals surface area contributed by atoms with Crippen LogP contribution in [0.25, 0.3) is 23.0 Å². The average molecular weight is 388 g/mol. The number of aromatic nitrogens is 3. The van der Waals surface area contributed by atoms with Crippen LogP contribution >= 0.6 is 0 Å². The number of rotatable bonds is 8. The van der Waals surface area contributed by atoms with Crippen LogP contribution in [-0.2, 0) is 7.05 Å². The van der Waals surface area contributed by atoms with Crippen molar-refractivity contribution in [2.24, 2.45) is 7.05 Å². The molecule has 3 rings (SSSR count). The van der Waals surface area contributed by atoms with E-state index >= 15 is 0 Å². The van der Waals surface area contributed by atoms with Gasteiger partial charge in [0.25, 0.3) is 0 Å². The summed E-state index contributed by atoms with van der Waals surface area (Å²) in [6, 6.07) is 17.6. The maximum atomic E-state index is 9.73. The molecule has 148 valence electrons. The first-order chi connectivity index (χ1) is 14.2. The summed E-state index contributed by atoms with van der Waals surface area (Å²) in [6.45, 7) is 2.73. The molecule has 0 aliphatic rings. The number of hydrogen-bond donors (Lipinski definition) is 0. The Bertz CT molecular complexity index is 1030. The van der Waals surface area contributed by atoms with Gasteiger partial charge in [-0.05, 0) is 30.2 Å². The van der Waals surface area contributed by atoms with Crippen LogP contribution in [0.15, 0.2) is 48.5 Å². The van der Waals surface area contributed by atoms with Crippen LogP contribution in [0.4, 0.5) is 0 Å². The molecule has 2 aromatic carbocycles. The molecule has 1 aromatic heterocycles. The fourth-order valence-corrected chi connectivity index (χ4v) is 2.94. The van der Waals surface area contributed by atoms with Gasteiger partial charge in [0, 0.05) is 12.6 Å². The topological polar surface area (TPSA) is 73.0 Å². The van der Waals surface area contributed by atoms with Gasteiger partial charge in [0.05, 0.1) is 19.3 Å². The van der Waals surface area contributed by atoms with Crippen molar-refractivity contribution in [3.8, 4) is 29.0 Å². The Morgan fingerprint density at radius 1 is 1.14 bits per heavy atom. The first-order valence-corrected chi connectivity index (χ1v) is 9.55. The summed E-state index contributed by atoms with van der Waals surface area (Å²) in [4.78, 5) is 0. The summed E-state index contributed by atoms with van der Waals surface area (Å²) in [5, 5.41) is 18.2. The molecule has 0 unspecified atom stereocenters. The van der Waals surface area contributed by atoms with E-state index < -0.39 is 0 Å². The first-order valence-electron chi connectivity index (χ1n) is 9.55. The Morgan fingerprint density at radius 3 is 2.62 bits per heavy atom. The zero-order valence-electron chi connectivity index (χ0n) is 16.9. The lowest BCUT2D eigenvalue weighted by Gasteiger charge is -2.11. The second-order valence-electron chi connectivity index (χ2n) is 6.55. The van der Waals surface area contributed by atoms with E-state index in [1.165, 1.54) is 0 Å². The lowest BCUT2D eigenvalue weighted by atomic mass is 10.1. The summed E-state index contributed by atoms with van der Waals surface area (Å²) in [6.07, 6.45) is 3.80. The highest BCUT2D eigenvalue weighted by molar-refractivity contribution is 5.88. The molecule has 0 saturated carbocycles.